The molecule has 0 aliphatic carbocycles. The number of alkyl halides is 2. The van der Waals surface area contributed by atoms with Crippen molar-refractivity contribution in [2.45, 2.75) is 33.3 Å². The highest BCUT2D eigenvalue weighted by Gasteiger charge is 2.23. The fraction of sp³-hybridized carbons (Fsp3) is 0.400. The van der Waals surface area contributed by atoms with Crippen LogP contribution in [-0.2, 0) is 0 Å². The lowest BCUT2D eigenvalue weighted by Crippen LogP contribution is -2.03. The van der Waals surface area contributed by atoms with E-state index in [0.717, 1.165) is 5.56 Å². The van der Waals surface area contributed by atoms with E-state index in [1.807, 2.05) is 6.92 Å². The van der Waals surface area contributed by atoms with Crippen molar-refractivity contribution in [3.63, 3.8) is 0 Å². The molecule has 1 aromatic heterocycles. The molecule has 6 heteroatoms. The molecule has 0 spiro atoms. The Bertz CT molecular complexity index is 594. The normalized spacial score (nSPS) is 12.9. The fourth-order valence-electron chi connectivity index (χ4n) is 2.02. The highest BCUT2D eigenvalue weighted by Crippen LogP contribution is 2.37. The summed E-state index contributed by atoms with van der Waals surface area (Å²) < 4.78 is 34.0. The Morgan fingerprint density at radius 2 is 1.76 bits per heavy atom. The van der Waals surface area contributed by atoms with E-state index in [4.69, 9.17) is 10.3 Å². The highest BCUT2D eigenvalue weighted by atomic mass is 19.3. The predicted molar refractivity (Wildman–Crippen MR) is 76.2 cm³/mol. The van der Waals surface area contributed by atoms with Crippen molar-refractivity contribution >= 4 is 5.82 Å². The van der Waals surface area contributed by atoms with Crippen molar-refractivity contribution in [3.05, 3.63) is 30.0 Å². The number of ether oxygens (including phenoxy) is 1. The molecule has 0 bridgehead atoms. The Kier molecular flexibility index (Phi) is 4.45. The van der Waals surface area contributed by atoms with Crippen LogP contribution in [0, 0.1) is 5.92 Å². The van der Waals surface area contributed by atoms with Gasteiger partial charge in [0, 0.05) is 5.92 Å². The first-order valence-electron chi connectivity index (χ1n) is 6.70. The second kappa shape index (κ2) is 6.11. The SMILES string of the molecule is CC(C)C(C)c1onc(N)c1-c1ccc(OC(F)F)cc1. The fourth-order valence-corrected chi connectivity index (χ4v) is 2.02. The van der Waals surface area contributed by atoms with Gasteiger partial charge in [0.1, 0.15) is 11.5 Å². The summed E-state index contributed by atoms with van der Waals surface area (Å²) in [4.78, 5) is 0. The molecule has 21 heavy (non-hydrogen) atoms. The Balaban J connectivity index is 2.35. The number of anilines is 1. The number of benzene rings is 1. The number of hydrogen-bond donors (Lipinski definition) is 1. The minimum atomic E-state index is -2.84. The topological polar surface area (TPSA) is 61.3 Å². The zero-order chi connectivity index (χ0) is 15.6. The standard InChI is InChI=1S/C15H18F2N2O2/c1-8(2)9(3)13-12(14(18)19-21-13)10-4-6-11(7-5-10)20-15(16)17/h4-9,15H,1-3H3,(H2,18,19). The predicted octanol–water partition coefficient (Wildman–Crippen LogP) is 4.28. The maximum atomic E-state index is 12.2. The molecule has 2 aromatic rings. The van der Waals surface area contributed by atoms with Crippen LogP contribution in [0.5, 0.6) is 5.75 Å². The monoisotopic (exact) mass is 296 g/mol. The minimum absolute atomic E-state index is 0.0993. The molecule has 1 atom stereocenters. The zero-order valence-electron chi connectivity index (χ0n) is 12.1. The van der Waals surface area contributed by atoms with Gasteiger partial charge in [-0.15, -0.1) is 0 Å². The molecule has 0 radical (unpaired) electrons. The van der Waals surface area contributed by atoms with Gasteiger partial charge < -0.3 is 15.0 Å². The average Bonchev–Trinajstić information content (AvgIpc) is 2.80. The number of nitrogens with two attached hydrogens (primary N) is 1. The summed E-state index contributed by atoms with van der Waals surface area (Å²) in [6.07, 6.45) is 0. The number of nitrogen functional groups attached to an aromatic ring is 1. The summed E-state index contributed by atoms with van der Waals surface area (Å²) in [7, 11) is 0. The van der Waals surface area contributed by atoms with Crippen LogP contribution in [0.3, 0.4) is 0 Å². The molecule has 1 aromatic carbocycles. The van der Waals surface area contributed by atoms with Gasteiger partial charge in [-0.2, -0.15) is 8.78 Å². The van der Waals surface area contributed by atoms with Crippen LogP contribution < -0.4 is 10.5 Å². The van der Waals surface area contributed by atoms with E-state index in [1.54, 1.807) is 12.1 Å². The highest BCUT2D eigenvalue weighted by molar-refractivity contribution is 5.76. The van der Waals surface area contributed by atoms with E-state index in [1.165, 1.54) is 12.1 Å². The van der Waals surface area contributed by atoms with E-state index >= 15 is 0 Å². The van der Waals surface area contributed by atoms with Gasteiger partial charge in [-0.3, -0.25) is 0 Å². The molecule has 0 aliphatic rings. The van der Waals surface area contributed by atoms with Gasteiger partial charge in [-0.1, -0.05) is 38.1 Å². The Hall–Kier alpha value is -2.11. The van der Waals surface area contributed by atoms with E-state index in [-0.39, 0.29) is 11.7 Å². The molecule has 0 saturated heterocycles. The maximum Gasteiger partial charge on any atom is 0.387 e. The lowest BCUT2D eigenvalue weighted by molar-refractivity contribution is -0.0498. The van der Waals surface area contributed by atoms with E-state index in [9.17, 15) is 8.78 Å². The summed E-state index contributed by atoms with van der Waals surface area (Å²) >= 11 is 0. The third-order valence-electron chi connectivity index (χ3n) is 3.53. The summed E-state index contributed by atoms with van der Waals surface area (Å²) in [5, 5.41) is 3.82. The van der Waals surface area contributed by atoms with Crippen LogP contribution in [-0.4, -0.2) is 11.8 Å². The summed E-state index contributed by atoms with van der Waals surface area (Å²) in [5.74, 6) is 1.59. The maximum absolute atomic E-state index is 12.2. The van der Waals surface area contributed by atoms with Gasteiger partial charge in [0.25, 0.3) is 0 Å². The Morgan fingerprint density at radius 1 is 1.14 bits per heavy atom. The van der Waals surface area contributed by atoms with Crippen molar-refractivity contribution in [1.29, 1.82) is 0 Å². The largest absolute Gasteiger partial charge is 0.435 e. The molecule has 114 valence electrons. The molecule has 2 N–H and O–H groups in total. The molecule has 2 rings (SSSR count). The number of hydrogen-bond acceptors (Lipinski definition) is 4. The van der Waals surface area contributed by atoms with Gasteiger partial charge in [0.2, 0.25) is 0 Å². The first-order chi connectivity index (χ1) is 9.90. The third-order valence-corrected chi connectivity index (χ3v) is 3.53. The molecule has 0 aliphatic heterocycles. The van der Waals surface area contributed by atoms with Gasteiger partial charge in [-0.05, 0) is 23.6 Å². The first kappa shape index (κ1) is 15.3. The Morgan fingerprint density at radius 3 is 2.29 bits per heavy atom. The summed E-state index contributed by atoms with van der Waals surface area (Å²) in [6.45, 7) is 3.34. The molecular formula is C15H18F2N2O2. The summed E-state index contributed by atoms with van der Waals surface area (Å²) in [5.41, 5.74) is 7.34. The zero-order valence-corrected chi connectivity index (χ0v) is 12.1. The molecule has 1 heterocycles. The number of nitrogens with zero attached hydrogens (tertiary/aromatic N) is 1. The number of aromatic nitrogens is 1. The smallest absolute Gasteiger partial charge is 0.387 e. The van der Waals surface area contributed by atoms with Gasteiger partial charge >= 0.3 is 6.61 Å². The molecular weight excluding hydrogens is 278 g/mol. The first-order valence-corrected chi connectivity index (χ1v) is 6.70. The van der Waals surface area contributed by atoms with Crippen molar-refractivity contribution < 1.29 is 18.0 Å². The van der Waals surface area contributed by atoms with E-state index < -0.39 is 6.61 Å². The molecule has 1 unspecified atom stereocenters. The molecule has 4 nitrogen and oxygen atoms in total. The van der Waals surface area contributed by atoms with Crippen LogP contribution in [0.25, 0.3) is 11.1 Å². The minimum Gasteiger partial charge on any atom is -0.435 e. The Labute approximate surface area is 121 Å². The van der Waals surface area contributed by atoms with Gasteiger partial charge in [-0.25, -0.2) is 0 Å². The number of halogens is 2. The van der Waals surface area contributed by atoms with Gasteiger partial charge in [0.15, 0.2) is 5.82 Å². The molecule has 0 amide bonds. The second-order valence-corrected chi connectivity index (χ2v) is 5.24. The molecule has 0 fully saturated rings. The summed E-state index contributed by atoms with van der Waals surface area (Å²) in [6, 6.07) is 6.27. The van der Waals surface area contributed by atoms with Crippen LogP contribution in [0.2, 0.25) is 0 Å². The molecule has 0 saturated carbocycles. The van der Waals surface area contributed by atoms with Crippen molar-refractivity contribution in [1.82, 2.24) is 5.16 Å². The quantitative estimate of drug-likeness (QED) is 0.894. The van der Waals surface area contributed by atoms with Gasteiger partial charge in [0.05, 0.1) is 5.56 Å². The van der Waals surface area contributed by atoms with Crippen LogP contribution in [0.15, 0.2) is 28.8 Å². The van der Waals surface area contributed by atoms with Crippen molar-refractivity contribution in [2.75, 3.05) is 5.73 Å². The van der Waals surface area contributed by atoms with Crippen molar-refractivity contribution in [3.8, 4) is 16.9 Å². The van der Waals surface area contributed by atoms with Crippen LogP contribution in [0.4, 0.5) is 14.6 Å². The lowest BCUT2D eigenvalue weighted by atomic mass is 9.91. The third kappa shape index (κ3) is 3.32. The van der Waals surface area contributed by atoms with Crippen LogP contribution >= 0.6 is 0 Å². The lowest BCUT2D eigenvalue weighted by Gasteiger charge is -2.14. The van der Waals surface area contributed by atoms with E-state index in [2.05, 4.69) is 23.7 Å². The number of rotatable bonds is 5. The second-order valence-electron chi connectivity index (χ2n) is 5.24. The van der Waals surface area contributed by atoms with Crippen molar-refractivity contribution in [2.24, 2.45) is 5.92 Å². The van der Waals surface area contributed by atoms with E-state index in [0.29, 0.717) is 23.1 Å². The average molecular weight is 296 g/mol. The van der Waals surface area contributed by atoms with Crippen LogP contribution in [0.1, 0.15) is 32.4 Å².